The summed E-state index contributed by atoms with van der Waals surface area (Å²) in [4.78, 5) is 0. The zero-order chi connectivity index (χ0) is 12.5. The smallest absolute Gasteiger partial charge is 0.0827 e. The topological polar surface area (TPSA) is 20.2 Å². The third-order valence-electron chi connectivity index (χ3n) is 3.69. The molecule has 0 aliphatic heterocycles. The summed E-state index contributed by atoms with van der Waals surface area (Å²) in [5.41, 5.74) is 3.56. The lowest BCUT2D eigenvalue weighted by Crippen LogP contribution is -2.10. The van der Waals surface area contributed by atoms with E-state index in [1.165, 1.54) is 11.1 Å². The Balaban J connectivity index is 1.81. The summed E-state index contributed by atoms with van der Waals surface area (Å²) >= 11 is 5.99. The van der Waals surface area contributed by atoms with Gasteiger partial charge in [-0.05, 0) is 47.6 Å². The second-order valence-corrected chi connectivity index (χ2v) is 5.38. The Morgan fingerprint density at radius 3 is 2.72 bits per heavy atom. The van der Waals surface area contributed by atoms with E-state index in [0.29, 0.717) is 0 Å². The van der Waals surface area contributed by atoms with Crippen molar-refractivity contribution >= 4 is 11.6 Å². The van der Waals surface area contributed by atoms with Crippen LogP contribution in [-0.4, -0.2) is 5.11 Å². The van der Waals surface area contributed by atoms with Crippen molar-refractivity contribution in [1.29, 1.82) is 0 Å². The Kier molecular flexibility index (Phi) is 3.11. The van der Waals surface area contributed by atoms with Crippen molar-refractivity contribution in [2.24, 2.45) is 5.92 Å². The van der Waals surface area contributed by atoms with Crippen LogP contribution < -0.4 is 0 Å². The first kappa shape index (κ1) is 11.8. The standard InChI is InChI=1S/C16H15ClO/c17-14-6-3-4-11(9-14)8-13-10-12-5-1-2-7-15(12)16(13)18/h1-7,9,13,16,18H,8,10H2. The van der Waals surface area contributed by atoms with Crippen molar-refractivity contribution in [3.05, 3.63) is 70.2 Å². The lowest BCUT2D eigenvalue weighted by Gasteiger charge is -2.15. The van der Waals surface area contributed by atoms with Crippen molar-refractivity contribution in [1.82, 2.24) is 0 Å². The molecular weight excluding hydrogens is 244 g/mol. The highest BCUT2D eigenvalue weighted by Gasteiger charge is 2.30. The molecule has 0 saturated heterocycles. The van der Waals surface area contributed by atoms with E-state index in [9.17, 15) is 5.11 Å². The van der Waals surface area contributed by atoms with Gasteiger partial charge in [0.2, 0.25) is 0 Å². The van der Waals surface area contributed by atoms with Crippen LogP contribution in [0.1, 0.15) is 22.8 Å². The van der Waals surface area contributed by atoms with Gasteiger partial charge in [0.1, 0.15) is 0 Å². The third kappa shape index (κ3) is 2.16. The fourth-order valence-electron chi connectivity index (χ4n) is 2.81. The van der Waals surface area contributed by atoms with Gasteiger partial charge in [-0.2, -0.15) is 0 Å². The monoisotopic (exact) mass is 258 g/mol. The average molecular weight is 259 g/mol. The largest absolute Gasteiger partial charge is 0.388 e. The maximum absolute atomic E-state index is 10.3. The molecule has 2 aromatic rings. The first-order valence-corrected chi connectivity index (χ1v) is 6.62. The van der Waals surface area contributed by atoms with Gasteiger partial charge in [0, 0.05) is 5.02 Å². The summed E-state index contributed by atoms with van der Waals surface area (Å²) < 4.78 is 0. The van der Waals surface area contributed by atoms with Crippen molar-refractivity contribution in [2.75, 3.05) is 0 Å². The van der Waals surface area contributed by atoms with Crippen LogP contribution in [0.2, 0.25) is 5.02 Å². The van der Waals surface area contributed by atoms with E-state index in [1.54, 1.807) is 0 Å². The van der Waals surface area contributed by atoms with E-state index in [2.05, 4.69) is 12.1 Å². The van der Waals surface area contributed by atoms with E-state index in [1.807, 2.05) is 36.4 Å². The number of fused-ring (bicyclic) bond motifs is 1. The van der Waals surface area contributed by atoms with E-state index >= 15 is 0 Å². The summed E-state index contributed by atoms with van der Waals surface area (Å²) in [6.45, 7) is 0. The fourth-order valence-corrected chi connectivity index (χ4v) is 3.02. The summed E-state index contributed by atoms with van der Waals surface area (Å²) in [5, 5.41) is 11.1. The van der Waals surface area contributed by atoms with Gasteiger partial charge in [-0.25, -0.2) is 0 Å². The van der Waals surface area contributed by atoms with Gasteiger partial charge in [-0.1, -0.05) is 48.0 Å². The van der Waals surface area contributed by atoms with E-state index in [0.717, 1.165) is 23.4 Å². The fraction of sp³-hybridized carbons (Fsp3) is 0.250. The Hall–Kier alpha value is -1.31. The number of hydrogen-bond acceptors (Lipinski definition) is 1. The molecule has 92 valence electrons. The number of aliphatic hydroxyl groups is 1. The summed E-state index contributed by atoms with van der Waals surface area (Å²) in [6.07, 6.45) is 1.47. The molecule has 0 amide bonds. The highest BCUT2D eigenvalue weighted by atomic mass is 35.5. The van der Waals surface area contributed by atoms with Crippen LogP contribution >= 0.6 is 11.6 Å². The van der Waals surface area contributed by atoms with Crippen LogP contribution in [0.4, 0.5) is 0 Å². The third-order valence-corrected chi connectivity index (χ3v) is 3.92. The molecule has 18 heavy (non-hydrogen) atoms. The lowest BCUT2D eigenvalue weighted by atomic mass is 9.95. The number of hydrogen-bond donors (Lipinski definition) is 1. The maximum Gasteiger partial charge on any atom is 0.0827 e. The van der Waals surface area contributed by atoms with E-state index < -0.39 is 0 Å². The zero-order valence-electron chi connectivity index (χ0n) is 10.0. The zero-order valence-corrected chi connectivity index (χ0v) is 10.8. The van der Waals surface area contributed by atoms with Crippen LogP contribution in [0.15, 0.2) is 48.5 Å². The minimum Gasteiger partial charge on any atom is -0.388 e. The van der Waals surface area contributed by atoms with Gasteiger partial charge in [0.05, 0.1) is 6.10 Å². The first-order chi connectivity index (χ1) is 8.74. The highest BCUT2D eigenvalue weighted by molar-refractivity contribution is 6.30. The van der Waals surface area contributed by atoms with Crippen molar-refractivity contribution in [3.63, 3.8) is 0 Å². The van der Waals surface area contributed by atoms with Gasteiger partial charge in [0.15, 0.2) is 0 Å². The number of aliphatic hydroxyl groups excluding tert-OH is 1. The second-order valence-electron chi connectivity index (χ2n) is 4.94. The molecule has 0 saturated carbocycles. The Morgan fingerprint density at radius 1 is 1.11 bits per heavy atom. The van der Waals surface area contributed by atoms with Gasteiger partial charge in [-0.3, -0.25) is 0 Å². The molecule has 0 heterocycles. The molecule has 1 aliphatic carbocycles. The Bertz CT molecular complexity index is 565. The average Bonchev–Trinajstić information content (AvgIpc) is 2.67. The van der Waals surface area contributed by atoms with Crippen LogP contribution in [0.5, 0.6) is 0 Å². The van der Waals surface area contributed by atoms with Crippen LogP contribution in [0.3, 0.4) is 0 Å². The maximum atomic E-state index is 10.3. The Labute approximate surface area is 112 Å². The van der Waals surface area contributed by atoms with Crippen LogP contribution in [0, 0.1) is 5.92 Å². The quantitative estimate of drug-likeness (QED) is 0.869. The molecule has 0 radical (unpaired) electrons. The summed E-state index contributed by atoms with van der Waals surface area (Å²) in [5.74, 6) is 0.265. The second kappa shape index (κ2) is 4.75. The number of benzene rings is 2. The van der Waals surface area contributed by atoms with Crippen molar-refractivity contribution in [3.8, 4) is 0 Å². The molecule has 0 spiro atoms. The first-order valence-electron chi connectivity index (χ1n) is 6.24. The SMILES string of the molecule is OC1c2ccccc2CC1Cc1cccc(Cl)c1. The molecule has 2 aromatic carbocycles. The predicted molar refractivity (Wildman–Crippen MR) is 73.8 cm³/mol. The molecule has 3 rings (SSSR count). The summed E-state index contributed by atoms with van der Waals surface area (Å²) in [7, 11) is 0. The van der Waals surface area contributed by atoms with Gasteiger partial charge < -0.3 is 5.11 Å². The molecule has 2 unspecified atom stereocenters. The molecular formula is C16H15ClO. The van der Waals surface area contributed by atoms with Crippen molar-refractivity contribution in [2.45, 2.75) is 18.9 Å². The van der Waals surface area contributed by atoms with E-state index in [-0.39, 0.29) is 12.0 Å². The molecule has 1 N–H and O–H groups in total. The van der Waals surface area contributed by atoms with Crippen molar-refractivity contribution < 1.29 is 5.11 Å². The van der Waals surface area contributed by atoms with E-state index in [4.69, 9.17) is 11.6 Å². The molecule has 0 bridgehead atoms. The number of halogens is 1. The molecule has 1 nitrogen and oxygen atoms in total. The van der Waals surface area contributed by atoms with Gasteiger partial charge >= 0.3 is 0 Å². The molecule has 0 fully saturated rings. The molecule has 1 aliphatic rings. The van der Waals surface area contributed by atoms with Gasteiger partial charge in [0.25, 0.3) is 0 Å². The van der Waals surface area contributed by atoms with Gasteiger partial charge in [-0.15, -0.1) is 0 Å². The molecule has 0 aromatic heterocycles. The normalized spacial score (nSPS) is 21.9. The summed E-state index contributed by atoms with van der Waals surface area (Å²) in [6, 6.07) is 16.1. The minimum absolute atomic E-state index is 0.265. The van der Waals surface area contributed by atoms with Crippen LogP contribution in [0.25, 0.3) is 0 Å². The minimum atomic E-state index is -0.347. The molecule has 2 heteroatoms. The van der Waals surface area contributed by atoms with Crippen LogP contribution in [-0.2, 0) is 12.8 Å². The lowest BCUT2D eigenvalue weighted by molar-refractivity contribution is 0.123. The number of rotatable bonds is 2. The highest BCUT2D eigenvalue weighted by Crippen LogP contribution is 2.37. The predicted octanol–water partition coefficient (Wildman–Crippen LogP) is 3.79. The molecule has 2 atom stereocenters. The Morgan fingerprint density at radius 2 is 1.94 bits per heavy atom.